The molecule has 0 aromatic rings. The van der Waals surface area contributed by atoms with Crippen molar-refractivity contribution >= 4 is 6.09 Å². The second-order valence-electron chi connectivity index (χ2n) is 5.49. The number of ether oxygens (including phenoxy) is 1. The van der Waals surface area contributed by atoms with E-state index in [-0.39, 0.29) is 12.1 Å². The number of carbonyl (C=O) groups is 1. The van der Waals surface area contributed by atoms with E-state index >= 15 is 0 Å². The minimum atomic E-state index is -0.470. The lowest BCUT2D eigenvalue weighted by molar-refractivity contribution is 0.0480. The van der Waals surface area contributed by atoms with Crippen molar-refractivity contribution in [1.29, 1.82) is 0 Å². The van der Waals surface area contributed by atoms with Crippen molar-refractivity contribution in [3.05, 3.63) is 0 Å². The van der Waals surface area contributed by atoms with Crippen LogP contribution in [-0.2, 0) is 4.74 Å². The van der Waals surface area contributed by atoms with Crippen LogP contribution in [0.3, 0.4) is 0 Å². The molecule has 0 fully saturated rings. The highest BCUT2D eigenvalue weighted by Crippen LogP contribution is 2.11. The predicted molar refractivity (Wildman–Crippen MR) is 66.3 cm³/mol. The molecule has 0 aromatic heterocycles. The van der Waals surface area contributed by atoms with Gasteiger partial charge in [0.1, 0.15) is 5.60 Å². The average molecular weight is 230 g/mol. The third kappa shape index (κ3) is 5.95. The number of alkyl carbamates (subject to hydrolysis) is 1. The van der Waals surface area contributed by atoms with Crippen LogP contribution in [0.1, 0.15) is 48.0 Å². The third-order valence-electron chi connectivity index (χ3n) is 2.33. The fraction of sp³-hybridized carbons (Fsp3) is 0.917. The molecule has 0 heterocycles. The topological polar surface area (TPSA) is 64.3 Å². The molecule has 0 unspecified atom stereocenters. The van der Waals surface area contributed by atoms with E-state index in [4.69, 9.17) is 10.5 Å². The Labute approximate surface area is 98.9 Å². The van der Waals surface area contributed by atoms with Crippen LogP contribution >= 0.6 is 0 Å². The minimum absolute atomic E-state index is 0.0347. The standard InChI is InChI=1S/C12H26N2O2/c1-7-9(13)10(8(2)3)14-11(15)16-12(4,5)6/h8-10H,7,13H2,1-6H3,(H,14,15)/t9-,10+/m0/s1. The number of nitrogens with one attached hydrogen (secondary N) is 1. The molecular weight excluding hydrogens is 204 g/mol. The van der Waals surface area contributed by atoms with E-state index in [2.05, 4.69) is 5.32 Å². The Morgan fingerprint density at radius 1 is 1.38 bits per heavy atom. The van der Waals surface area contributed by atoms with E-state index in [1.165, 1.54) is 0 Å². The third-order valence-corrected chi connectivity index (χ3v) is 2.33. The van der Waals surface area contributed by atoms with Crippen LogP contribution in [0.2, 0.25) is 0 Å². The molecule has 0 aromatic carbocycles. The van der Waals surface area contributed by atoms with E-state index in [0.717, 1.165) is 6.42 Å². The van der Waals surface area contributed by atoms with Gasteiger partial charge in [0.25, 0.3) is 0 Å². The Morgan fingerprint density at radius 3 is 2.19 bits per heavy atom. The van der Waals surface area contributed by atoms with Gasteiger partial charge in [-0.1, -0.05) is 20.8 Å². The van der Waals surface area contributed by atoms with Crippen molar-refractivity contribution in [1.82, 2.24) is 5.32 Å². The van der Waals surface area contributed by atoms with Gasteiger partial charge in [0.15, 0.2) is 0 Å². The highest BCUT2D eigenvalue weighted by atomic mass is 16.6. The van der Waals surface area contributed by atoms with Gasteiger partial charge in [-0.15, -0.1) is 0 Å². The highest BCUT2D eigenvalue weighted by molar-refractivity contribution is 5.68. The molecule has 0 aliphatic carbocycles. The van der Waals surface area contributed by atoms with E-state index < -0.39 is 11.7 Å². The first-order valence-electron chi connectivity index (χ1n) is 5.92. The Hall–Kier alpha value is -0.770. The van der Waals surface area contributed by atoms with E-state index in [0.29, 0.717) is 5.92 Å². The maximum Gasteiger partial charge on any atom is 0.407 e. The Balaban J connectivity index is 4.36. The summed E-state index contributed by atoms with van der Waals surface area (Å²) in [5.41, 5.74) is 5.49. The molecule has 0 saturated carbocycles. The summed E-state index contributed by atoms with van der Waals surface area (Å²) in [6.07, 6.45) is 0.439. The van der Waals surface area contributed by atoms with Crippen LogP contribution in [0.4, 0.5) is 4.79 Å². The molecule has 4 nitrogen and oxygen atoms in total. The molecule has 0 aliphatic rings. The minimum Gasteiger partial charge on any atom is -0.444 e. The zero-order chi connectivity index (χ0) is 12.9. The molecular formula is C12H26N2O2. The molecule has 1 amide bonds. The normalized spacial score (nSPS) is 15.8. The zero-order valence-corrected chi connectivity index (χ0v) is 11.3. The fourth-order valence-corrected chi connectivity index (χ4v) is 1.47. The molecule has 0 rings (SSSR count). The highest BCUT2D eigenvalue weighted by Gasteiger charge is 2.24. The van der Waals surface area contributed by atoms with Crippen molar-refractivity contribution in [3.8, 4) is 0 Å². The van der Waals surface area contributed by atoms with Crippen LogP contribution in [0.5, 0.6) is 0 Å². The summed E-state index contributed by atoms with van der Waals surface area (Å²) in [6, 6.07) is -0.0765. The summed E-state index contributed by atoms with van der Waals surface area (Å²) >= 11 is 0. The number of rotatable bonds is 4. The van der Waals surface area contributed by atoms with Gasteiger partial charge >= 0.3 is 6.09 Å². The Kier molecular flexibility index (Phi) is 5.79. The average Bonchev–Trinajstić information content (AvgIpc) is 2.09. The molecule has 3 N–H and O–H groups in total. The zero-order valence-electron chi connectivity index (χ0n) is 11.3. The molecule has 4 heteroatoms. The van der Waals surface area contributed by atoms with Gasteiger partial charge in [-0.25, -0.2) is 4.79 Å². The van der Waals surface area contributed by atoms with Crippen molar-refractivity contribution in [3.63, 3.8) is 0 Å². The lowest BCUT2D eigenvalue weighted by Crippen LogP contribution is -2.51. The lowest BCUT2D eigenvalue weighted by atomic mass is 9.95. The number of amides is 1. The van der Waals surface area contributed by atoms with Gasteiger partial charge in [-0.05, 0) is 33.1 Å². The summed E-state index contributed by atoms with van der Waals surface area (Å²) < 4.78 is 5.21. The van der Waals surface area contributed by atoms with Crippen LogP contribution in [0, 0.1) is 5.92 Å². The maximum atomic E-state index is 11.6. The number of hydrogen-bond donors (Lipinski definition) is 2. The fourth-order valence-electron chi connectivity index (χ4n) is 1.47. The van der Waals surface area contributed by atoms with Crippen LogP contribution in [0.25, 0.3) is 0 Å². The summed E-state index contributed by atoms with van der Waals surface area (Å²) in [5.74, 6) is 0.294. The SMILES string of the molecule is CC[C@H](N)[C@H](NC(=O)OC(C)(C)C)C(C)C. The van der Waals surface area contributed by atoms with Crippen molar-refractivity contribution in [2.75, 3.05) is 0 Å². The predicted octanol–water partition coefficient (Wildman–Crippen LogP) is 2.27. The maximum absolute atomic E-state index is 11.6. The van der Waals surface area contributed by atoms with Gasteiger partial charge in [-0.2, -0.15) is 0 Å². The van der Waals surface area contributed by atoms with Gasteiger partial charge in [0.05, 0.1) is 0 Å². The van der Waals surface area contributed by atoms with Crippen molar-refractivity contribution in [2.24, 2.45) is 11.7 Å². The molecule has 0 saturated heterocycles. The Bertz CT molecular complexity index is 222. The van der Waals surface area contributed by atoms with Crippen LogP contribution in [0.15, 0.2) is 0 Å². The van der Waals surface area contributed by atoms with Gasteiger partial charge in [0, 0.05) is 12.1 Å². The summed E-state index contributed by atoms with van der Waals surface area (Å²) in [5, 5.41) is 2.84. The summed E-state index contributed by atoms with van der Waals surface area (Å²) in [4.78, 5) is 11.6. The van der Waals surface area contributed by atoms with E-state index in [1.807, 2.05) is 41.5 Å². The monoisotopic (exact) mass is 230 g/mol. The first kappa shape index (κ1) is 15.2. The molecule has 0 bridgehead atoms. The number of nitrogens with two attached hydrogens (primary N) is 1. The van der Waals surface area contributed by atoms with E-state index in [9.17, 15) is 4.79 Å². The Morgan fingerprint density at radius 2 is 1.88 bits per heavy atom. The summed E-state index contributed by atoms with van der Waals surface area (Å²) in [7, 11) is 0. The molecule has 0 aliphatic heterocycles. The van der Waals surface area contributed by atoms with Crippen LogP contribution < -0.4 is 11.1 Å². The van der Waals surface area contributed by atoms with Crippen molar-refractivity contribution in [2.45, 2.75) is 65.6 Å². The summed E-state index contributed by atoms with van der Waals surface area (Å²) in [6.45, 7) is 11.6. The van der Waals surface area contributed by atoms with Gasteiger partial charge in [0.2, 0.25) is 0 Å². The second-order valence-corrected chi connectivity index (χ2v) is 5.49. The first-order valence-corrected chi connectivity index (χ1v) is 5.92. The van der Waals surface area contributed by atoms with Gasteiger partial charge in [-0.3, -0.25) is 0 Å². The smallest absolute Gasteiger partial charge is 0.407 e. The molecule has 2 atom stereocenters. The molecule has 0 spiro atoms. The molecule has 0 radical (unpaired) electrons. The number of hydrogen-bond acceptors (Lipinski definition) is 3. The number of carbonyl (C=O) groups excluding carboxylic acids is 1. The molecule has 16 heavy (non-hydrogen) atoms. The van der Waals surface area contributed by atoms with Crippen molar-refractivity contribution < 1.29 is 9.53 Å². The quantitative estimate of drug-likeness (QED) is 0.778. The second kappa shape index (κ2) is 6.09. The van der Waals surface area contributed by atoms with Crippen LogP contribution in [-0.4, -0.2) is 23.8 Å². The van der Waals surface area contributed by atoms with Gasteiger partial charge < -0.3 is 15.8 Å². The lowest BCUT2D eigenvalue weighted by Gasteiger charge is -2.29. The molecule has 96 valence electrons. The first-order chi connectivity index (χ1) is 7.17. The van der Waals surface area contributed by atoms with E-state index in [1.54, 1.807) is 0 Å². The largest absolute Gasteiger partial charge is 0.444 e.